The van der Waals surface area contributed by atoms with Gasteiger partial charge in [0.15, 0.2) is 0 Å². The van der Waals surface area contributed by atoms with Crippen LogP contribution in [0.25, 0.3) is 11.5 Å². The third-order valence-corrected chi connectivity index (χ3v) is 2.50. The van der Waals surface area contributed by atoms with Crippen LogP contribution < -0.4 is 10.1 Å². The van der Waals surface area contributed by atoms with E-state index in [4.69, 9.17) is 4.42 Å². The van der Waals surface area contributed by atoms with Crippen LogP contribution in [0.5, 0.6) is 5.75 Å². The number of ether oxygens (including phenoxy) is 1. The number of benzene rings is 1. The van der Waals surface area contributed by atoms with E-state index in [9.17, 15) is 8.78 Å². The van der Waals surface area contributed by atoms with Gasteiger partial charge in [0.1, 0.15) is 5.75 Å². The van der Waals surface area contributed by atoms with Crippen molar-refractivity contribution in [3.05, 3.63) is 30.2 Å². The van der Waals surface area contributed by atoms with Crippen molar-refractivity contribution in [2.45, 2.75) is 26.5 Å². The average Bonchev–Trinajstić information content (AvgIpc) is 2.88. The lowest BCUT2D eigenvalue weighted by Crippen LogP contribution is -2.13. The molecular weight excluding hydrogens is 268 g/mol. The molecule has 0 atom stereocenters. The molecule has 20 heavy (non-hydrogen) atoms. The highest BCUT2D eigenvalue weighted by atomic mass is 19.3. The number of rotatable bonds is 7. The zero-order valence-corrected chi connectivity index (χ0v) is 11.0. The topological polar surface area (TPSA) is 60.2 Å². The lowest BCUT2D eigenvalue weighted by atomic mass is 10.2. The summed E-state index contributed by atoms with van der Waals surface area (Å²) in [7, 11) is 0. The highest BCUT2D eigenvalue weighted by molar-refractivity contribution is 5.53. The number of hydrogen-bond acceptors (Lipinski definition) is 5. The third-order valence-electron chi connectivity index (χ3n) is 2.50. The molecule has 0 spiro atoms. The van der Waals surface area contributed by atoms with Gasteiger partial charge in [-0.2, -0.15) is 8.78 Å². The van der Waals surface area contributed by atoms with Crippen molar-refractivity contribution in [3.8, 4) is 17.2 Å². The summed E-state index contributed by atoms with van der Waals surface area (Å²) in [6, 6.07) is 6.05. The fourth-order valence-corrected chi connectivity index (χ4v) is 1.59. The molecule has 0 saturated heterocycles. The average molecular weight is 283 g/mol. The van der Waals surface area contributed by atoms with Gasteiger partial charge in [0.05, 0.1) is 6.54 Å². The molecule has 0 unspecified atom stereocenters. The van der Waals surface area contributed by atoms with E-state index in [-0.39, 0.29) is 5.75 Å². The molecule has 0 bridgehead atoms. The van der Waals surface area contributed by atoms with E-state index >= 15 is 0 Å². The number of halogens is 2. The van der Waals surface area contributed by atoms with Crippen LogP contribution in [-0.4, -0.2) is 23.4 Å². The monoisotopic (exact) mass is 283 g/mol. The van der Waals surface area contributed by atoms with Crippen molar-refractivity contribution < 1.29 is 17.9 Å². The normalized spacial score (nSPS) is 11.0. The fraction of sp³-hybridized carbons (Fsp3) is 0.385. The van der Waals surface area contributed by atoms with Gasteiger partial charge in [0, 0.05) is 5.56 Å². The Morgan fingerprint density at radius 1 is 1.25 bits per heavy atom. The predicted octanol–water partition coefficient (Wildman–Crippen LogP) is 2.84. The van der Waals surface area contributed by atoms with Crippen LogP contribution in [0.3, 0.4) is 0 Å². The SMILES string of the molecule is CCCNCc1nnc(-c2ccc(OC(F)F)cc2)o1. The largest absolute Gasteiger partial charge is 0.435 e. The molecule has 1 heterocycles. The highest BCUT2D eigenvalue weighted by Gasteiger charge is 2.09. The lowest BCUT2D eigenvalue weighted by molar-refractivity contribution is -0.0498. The Hall–Kier alpha value is -2.02. The van der Waals surface area contributed by atoms with Gasteiger partial charge < -0.3 is 14.5 Å². The zero-order valence-electron chi connectivity index (χ0n) is 11.0. The fourth-order valence-electron chi connectivity index (χ4n) is 1.59. The summed E-state index contributed by atoms with van der Waals surface area (Å²) in [5.74, 6) is 0.927. The van der Waals surface area contributed by atoms with E-state index < -0.39 is 6.61 Å². The molecule has 5 nitrogen and oxygen atoms in total. The van der Waals surface area contributed by atoms with E-state index in [1.807, 2.05) is 0 Å². The van der Waals surface area contributed by atoms with E-state index in [1.54, 1.807) is 12.1 Å². The Balaban J connectivity index is 2.00. The second-order valence-electron chi connectivity index (χ2n) is 4.08. The number of aromatic nitrogens is 2. The molecule has 2 rings (SSSR count). The minimum Gasteiger partial charge on any atom is -0.435 e. The smallest absolute Gasteiger partial charge is 0.387 e. The Morgan fingerprint density at radius 2 is 2.00 bits per heavy atom. The molecule has 7 heteroatoms. The maximum absolute atomic E-state index is 12.0. The van der Waals surface area contributed by atoms with Gasteiger partial charge in [-0.25, -0.2) is 0 Å². The van der Waals surface area contributed by atoms with Crippen molar-refractivity contribution in [3.63, 3.8) is 0 Å². The van der Waals surface area contributed by atoms with Crippen molar-refractivity contribution in [2.24, 2.45) is 0 Å². The molecule has 0 fully saturated rings. The molecule has 2 aromatic rings. The molecule has 0 saturated carbocycles. The minimum absolute atomic E-state index is 0.0908. The number of alkyl halides is 2. The van der Waals surface area contributed by atoms with Crippen LogP contribution in [0.1, 0.15) is 19.2 Å². The van der Waals surface area contributed by atoms with Crippen LogP contribution in [0.2, 0.25) is 0 Å². The Kier molecular flexibility index (Phi) is 5.00. The van der Waals surface area contributed by atoms with Crippen LogP contribution in [0.4, 0.5) is 8.78 Å². The molecule has 108 valence electrons. The van der Waals surface area contributed by atoms with Gasteiger partial charge in [0.2, 0.25) is 11.8 Å². The van der Waals surface area contributed by atoms with Crippen molar-refractivity contribution in [2.75, 3.05) is 6.54 Å². The summed E-state index contributed by atoms with van der Waals surface area (Å²) in [5.41, 5.74) is 0.654. The zero-order chi connectivity index (χ0) is 14.4. The maximum atomic E-state index is 12.0. The van der Waals surface area contributed by atoms with Crippen molar-refractivity contribution in [1.29, 1.82) is 0 Å². The van der Waals surface area contributed by atoms with E-state index in [0.29, 0.717) is 23.9 Å². The summed E-state index contributed by atoms with van der Waals surface area (Å²) in [6.07, 6.45) is 1.02. The molecule has 0 radical (unpaired) electrons. The first kappa shape index (κ1) is 14.4. The quantitative estimate of drug-likeness (QED) is 0.792. The van der Waals surface area contributed by atoms with Gasteiger partial charge in [0.25, 0.3) is 0 Å². The molecule has 0 aliphatic heterocycles. The third kappa shape index (κ3) is 3.99. The summed E-state index contributed by atoms with van der Waals surface area (Å²) in [4.78, 5) is 0. The molecule has 1 aromatic carbocycles. The molecule has 1 aromatic heterocycles. The first-order valence-corrected chi connectivity index (χ1v) is 6.27. The maximum Gasteiger partial charge on any atom is 0.387 e. The lowest BCUT2D eigenvalue weighted by Gasteiger charge is -2.03. The summed E-state index contributed by atoms with van der Waals surface area (Å²) in [5, 5.41) is 11.0. The van der Waals surface area contributed by atoms with Crippen LogP contribution in [0.15, 0.2) is 28.7 Å². The van der Waals surface area contributed by atoms with Gasteiger partial charge in [-0.3, -0.25) is 0 Å². The Morgan fingerprint density at radius 3 is 2.65 bits per heavy atom. The van der Waals surface area contributed by atoms with Gasteiger partial charge in [-0.15, -0.1) is 10.2 Å². The van der Waals surface area contributed by atoms with E-state index in [0.717, 1.165) is 13.0 Å². The van der Waals surface area contributed by atoms with Crippen LogP contribution >= 0.6 is 0 Å². The van der Waals surface area contributed by atoms with E-state index in [1.165, 1.54) is 12.1 Å². The summed E-state index contributed by atoms with van der Waals surface area (Å²) in [6.45, 7) is 0.612. The van der Waals surface area contributed by atoms with Gasteiger partial charge in [-0.1, -0.05) is 6.92 Å². The number of hydrogen-bond donors (Lipinski definition) is 1. The van der Waals surface area contributed by atoms with E-state index in [2.05, 4.69) is 27.2 Å². The van der Waals surface area contributed by atoms with Crippen LogP contribution in [0, 0.1) is 0 Å². The molecule has 0 amide bonds. The molecule has 0 aliphatic carbocycles. The van der Waals surface area contributed by atoms with Crippen molar-refractivity contribution >= 4 is 0 Å². The second-order valence-corrected chi connectivity index (χ2v) is 4.08. The molecular formula is C13H15F2N3O2. The summed E-state index contributed by atoms with van der Waals surface area (Å²) >= 11 is 0. The van der Waals surface area contributed by atoms with Crippen LogP contribution in [-0.2, 0) is 6.54 Å². The number of nitrogens with one attached hydrogen (secondary N) is 1. The predicted molar refractivity (Wildman–Crippen MR) is 68.4 cm³/mol. The second kappa shape index (κ2) is 6.95. The van der Waals surface area contributed by atoms with Gasteiger partial charge in [-0.05, 0) is 37.2 Å². The summed E-state index contributed by atoms with van der Waals surface area (Å²) < 4.78 is 33.8. The number of nitrogens with zero attached hydrogens (tertiary/aromatic N) is 2. The standard InChI is InChI=1S/C13H15F2N3O2/c1-2-7-16-8-11-17-18-12(20-11)9-3-5-10(6-4-9)19-13(14)15/h3-6,13,16H,2,7-8H2,1H3. The van der Waals surface area contributed by atoms with Gasteiger partial charge >= 0.3 is 6.61 Å². The molecule has 0 aliphatic rings. The Labute approximate surface area is 115 Å². The first-order valence-electron chi connectivity index (χ1n) is 6.27. The molecule has 1 N–H and O–H groups in total. The first-order chi connectivity index (χ1) is 9.69. The Bertz CT molecular complexity index is 529. The highest BCUT2D eigenvalue weighted by Crippen LogP contribution is 2.22. The van der Waals surface area contributed by atoms with Crippen molar-refractivity contribution in [1.82, 2.24) is 15.5 Å². The minimum atomic E-state index is -2.83.